The summed E-state index contributed by atoms with van der Waals surface area (Å²) in [6.07, 6.45) is 3.37. The van der Waals surface area contributed by atoms with Gasteiger partial charge >= 0.3 is 5.69 Å². The first-order valence-corrected chi connectivity index (χ1v) is 6.31. The zero-order chi connectivity index (χ0) is 14.1. The zero-order valence-corrected chi connectivity index (χ0v) is 10.7. The van der Waals surface area contributed by atoms with Crippen LogP contribution in [-0.4, -0.2) is 28.4 Å². The predicted octanol–water partition coefficient (Wildman–Crippen LogP) is 2.02. The highest BCUT2D eigenvalue weighted by molar-refractivity contribution is 5.48. The van der Waals surface area contributed by atoms with Crippen LogP contribution in [0.5, 0.6) is 5.75 Å². The lowest BCUT2D eigenvalue weighted by Crippen LogP contribution is -2.01. The molecule has 1 rings (SSSR count). The van der Waals surface area contributed by atoms with Crippen molar-refractivity contribution in [2.75, 3.05) is 13.2 Å². The minimum Gasteiger partial charge on any atom is -0.487 e. The Kier molecular flexibility index (Phi) is 6.84. The standard InChI is InChI=1S/C13H19NO5/c15-7-3-1-2-4-8-19-13-9-11(10-16)5-6-12(13)14(17)18/h5-6,9,15-16H,1-4,7-8,10H2. The molecule has 1 aromatic carbocycles. The first-order valence-electron chi connectivity index (χ1n) is 6.31. The lowest BCUT2D eigenvalue weighted by Gasteiger charge is -2.08. The molecule has 6 heteroatoms. The van der Waals surface area contributed by atoms with Crippen molar-refractivity contribution in [3.05, 3.63) is 33.9 Å². The lowest BCUT2D eigenvalue weighted by molar-refractivity contribution is -0.385. The van der Waals surface area contributed by atoms with E-state index in [1.165, 1.54) is 18.2 Å². The molecule has 0 aliphatic heterocycles. The molecule has 0 radical (unpaired) electrons. The first kappa shape index (κ1) is 15.4. The van der Waals surface area contributed by atoms with Gasteiger partial charge in [0.1, 0.15) is 0 Å². The maximum absolute atomic E-state index is 10.8. The van der Waals surface area contributed by atoms with Gasteiger partial charge in [-0.1, -0.05) is 6.42 Å². The van der Waals surface area contributed by atoms with Gasteiger partial charge in [-0.3, -0.25) is 10.1 Å². The zero-order valence-electron chi connectivity index (χ0n) is 10.7. The van der Waals surface area contributed by atoms with Crippen LogP contribution < -0.4 is 4.74 Å². The summed E-state index contributed by atoms with van der Waals surface area (Å²) in [5, 5.41) is 28.5. The Balaban J connectivity index is 2.52. The van der Waals surface area contributed by atoms with Gasteiger partial charge in [-0.15, -0.1) is 0 Å². The van der Waals surface area contributed by atoms with Crippen molar-refractivity contribution in [2.45, 2.75) is 32.3 Å². The molecule has 0 aromatic heterocycles. The second-order valence-electron chi connectivity index (χ2n) is 4.20. The Morgan fingerprint density at radius 1 is 1.16 bits per heavy atom. The van der Waals surface area contributed by atoms with Gasteiger partial charge in [-0.05, 0) is 37.0 Å². The summed E-state index contributed by atoms with van der Waals surface area (Å²) in [5.74, 6) is 0.193. The van der Waals surface area contributed by atoms with Gasteiger partial charge < -0.3 is 14.9 Å². The van der Waals surface area contributed by atoms with Crippen molar-refractivity contribution in [2.24, 2.45) is 0 Å². The monoisotopic (exact) mass is 269 g/mol. The van der Waals surface area contributed by atoms with Crippen LogP contribution in [0.1, 0.15) is 31.2 Å². The summed E-state index contributed by atoms with van der Waals surface area (Å²) in [5.41, 5.74) is 0.494. The maximum atomic E-state index is 10.8. The maximum Gasteiger partial charge on any atom is 0.310 e. The van der Waals surface area contributed by atoms with E-state index in [1.807, 2.05) is 0 Å². The molecular weight excluding hydrogens is 250 g/mol. The molecule has 0 aliphatic carbocycles. The molecule has 0 saturated heterocycles. The Morgan fingerprint density at radius 2 is 1.89 bits per heavy atom. The molecular formula is C13H19NO5. The van der Waals surface area contributed by atoms with Gasteiger partial charge in [-0.25, -0.2) is 0 Å². The predicted molar refractivity (Wildman–Crippen MR) is 70.1 cm³/mol. The number of aliphatic hydroxyl groups is 2. The summed E-state index contributed by atoms with van der Waals surface area (Å²) in [6, 6.07) is 4.34. The van der Waals surface area contributed by atoms with Crippen LogP contribution in [0.15, 0.2) is 18.2 Å². The van der Waals surface area contributed by atoms with Gasteiger partial charge in [0.05, 0.1) is 18.1 Å². The number of aliphatic hydroxyl groups excluding tert-OH is 2. The number of nitro benzene ring substituents is 1. The fraction of sp³-hybridized carbons (Fsp3) is 0.538. The van der Waals surface area contributed by atoms with Crippen molar-refractivity contribution >= 4 is 5.69 Å². The van der Waals surface area contributed by atoms with Gasteiger partial charge in [0, 0.05) is 12.7 Å². The molecule has 0 spiro atoms. The van der Waals surface area contributed by atoms with E-state index < -0.39 is 4.92 Å². The second-order valence-corrected chi connectivity index (χ2v) is 4.20. The molecule has 0 unspecified atom stereocenters. The summed E-state index contributed by atoms with van der Waals surface area (Å²) < 4.78 is 5.41. The van der Waals surface area contributed by atoms with Crippen LogP contribution in [0.2, 0.25) is 0 Å². The molecule has 2 N–H and O–H groups in total. The highest BCUT2D eigenvalue weighted by Gasteiger charge is 2.15. The molecule has 1 aromatic rings. The lowest BCUT2D eigenvalue weighted by atomic mass is 10.2. The number of ether oxygens (including phenoxy) is 1. The largest absolute Gasteiger partial charge is 0.487 e. The molecule has 19 heavy (non-hydrogen) atoms. The molecule has 6 nitrogen and oxygen atoms in total. The summed E-state index contributed by atoms with van der Waals surface area (Å²) in [4.78, 5) is 10.3. The minimum atomic E-state index is -0.498. The Hall–Kier alpha value is -1.66. The summed E-state index contributed by atoms with van der Waals surface area (Å²) >= 11 is 0. The van der Waals surface area contributed by atoms with Crippen LogP contribution in [0.25, 0.3) is 0 Å². The average Bonchev–Trinajstić information content (AvgIpc) is 2.42. The Bertz CT molecular complexity index is 408. The van der Waals surface area contributed by atoms with Crippen molar-refractivity contribution in [3.8, 4) is 5.75 Å². The fourth-order valence-electron chi connectivity index (χ4n) is 1.67. The molecule has 0 bridgehead atoms. The van der Waals surface area contributed by atoms with Gasteiger partial charge in [0.15, 0.2) is 5.75 Å². The van der Waals surface area contributed by atoms with E-state index in [4.69, 9.17) is 14.9 Å². The summed E-state index contributed by atoms with van der Waals surface area (Å²) in [7, 11) is 0. The summed E-state index contributed by atoms with van der Waals surface area (Å²) in [6.45, 7) is 0.400. The van der Waals surface area contributed by atoms with E-state index in [0.29, 0.717) is 12.2 Å². The fourth-order valence-corrected chi connectivity index (χ4v) is 1.67. The third-order valence-corrected chi connectivity index (χ3v) is 2.71. The Morgan fingerprint density at radius 3 is 2.53 bits per heavy atom. The van der Waals surface area contributed by atoms with Crippen LogP contribution in [0.4, 0.5) is 5.69 Å². The van der Waals surface area contributed by atoms with E-state index in [2.05, 4.69) is 0 Å². The van der Waals surface area contributed by atoms with E-state index in [-0.39, 0.29) is 24.7 Å². The quantitative estimate of drug-likeness (QED) is 0.406. The van der Waals surface area contributed by atoms with Crippen LogP contribution in [-0.2, 0) is 6.61 Å². The number of hydrogen-bond acceptors (Lipinski definition) is 5. The normalized spacial score (nSPS) is 10.4. The molecule has 0 aliphatic rings. The second kappa shape index (κ2) is 8.44. The van der Waals surface area contributed by atoms with E-state index in [9.17, 15) is 10.1 Å². The third kappa shape index (κ3) is 5.23. The van der Waals surface area contributed by atoms with Crippen molar-refractivity contribution in [3.63, 3.8) is 0 Å². The SMILES string of the molecule is O=[N+]([O-])c1ccc(CO)cc1OCCCCCCO. The van der Waals surface area contributed by atoms with Crippen molar-refractivity contribution in [1.82, 2.24) is 0 Å². The molecule has 106 valence electrons. The molecule has 0 heterocycles. The number of hydrogen-bond donors (Lipinski definition) is 2. The van der Waals surface area contributed by atoms with Crippen LogP contribution in [0.3, 0.4) is 0 Å². The third-order valence-electron chi connectivity index (χ3n) is 2.71. The van der Waals surface area contributed by atoms with Crippen LogP contribution in [0, 0.1) is 10.1 Å². The van der Waals surface area contributed by atoms with E-state index in [0.717, 1.165) is 25.7 Å². The smallest absolute Gasteiger partial charge is 0.310 e. The number of benzene rings is 1. The first-order chi connectivity index (χ1) is 9.19. The van der Waals surface area contributed by atoms with Crippen molar-refractivity contribution in [1.29, 1.82) is 0 Å². The van der Waals surface area contributed by atoms with Gasteiger partial charge in [0.2, 0.25) is 0 Å². The topological polar surface area (TPSA) is 92.8 Å². The highest BCUT2D eigenvalue weighted by atomic mass is 16.6. The Labute approximate surface area is 111 Å². The van der Waals surface area contributed by atoms with Gasteiger partial charge in [0.25, 0.3) is 0 Å². The molecule has 0 saturated carbocycles. The number of nitrogens with zero attached hydrogens (tertiary/aromatic N) is 1. The highest BCUT2D eigenvalue weighted by Crippen LogP contribution is 2.28. The van der Waals surface area contributed by atoms with Crippen LogP contribution >= 0.6 is 0 Å². The van der Waals surface area contributed by atoms with Crippen molar-refractivity contribution < 1.29 is 19.9 Å². The average molecular weight is 269 g/mol. The number of nitro groups is 1. The van der Waals surface area contributed by atoms with Gasteiger partial charge in [-0.2, -0.15) is 0 Å². The van der Waals surface area contributed by atoms with E-state index >= 15 is 0 Å². The molecule has 0 atom stereocenters. The molecule has 0 amide bonds. The number of rotatable bonds is 9. The number of unbranched alkanes of at least 4 members (excludes halogenated alkanes) is 3. The van der Waals surface area contributed by atoms with E-state index in [1.54, 1.807) is 0 Å². The minimum absolute atomic E-state index is 0.0902. The molecule has 0 fully saturated rings.